The number of rotatable bonds is 17. The lowest BCUT2D eigenvalue weighted by molar-refractivity contribution is -0.360. The van der Waals surface area contributed by atoms with Gasteiger partial charge in [0.05, 0.1) is 19.6 Å². The van der Waals surface area contributed by atoms with Gasteiger partial charge in [-0.15, -0.1) is 0 Å². The van der Waals surface area contributed by atoms with Crippen LogP contribution >= 0.6 is 0 Å². The number of unbranched alkanes of at least 4 members (excludes halogenated alkanes) is 10. The Kier molecular flexibility index (Phi) is 15.1. The molecule has 0 aromatic rings. The van der Waals surface area contributed by atoms with Gasteiger partial charge in [0.15, 0.2) is 0 Å². The zero-order valence-electron chi connectivity index (χ0n) is 20.4. The summed E-state index contributed by atoms with van der Waals surface area (Å²) in [5, 5.41) is 49.9. The van der Waals surface area contributed by atoms with E-state index in [-0.39, 0.29) is 0 Å². The lowest BCUT2D eigenvalue weighted by Gasteiger charge is -2.46. The molecule has 0 saturated carbocycles. The van der Waals surface area contributed by atoms with Crippen molar-refractivity contribution in [1.82, 2.24) is 0 Å². The maximum absolute atomic E-state index is 12.3. The first-order chi connectivity index (χ1) is 15.8. The van der Waals surface area contributed by atoms with E-state index in [0.717, 1.165) is 32.1 Å². The molecule has 0 bridgehead atoms. The van der Waals surface area contributed by atoms with Crippen molar-refractivity contribution in [3.63, 3.8) is 0 Å². The molecule has 1 heterocycles. The predicted molar refractivity (Wildman–Crippen MR) is 125 cm³/mol. The first kappa shape index (κ1) is 30.0. The minimum atomic E-state index is -2.46. The third-order valence-electron chi connectivity index (χ3n) is 6.47. The molecule has 1 saturated heterocycles. The second kappa shape index (κ2) is 16.6. The van der Waals surface area contributed by atoms with Crippen molar-refractivity contribution in [1.29, 1.82) is 0 Å². The SMILES string of the molecule is CCCCCCCC/C=C/CCCCCCC(C(=O)OC)C1O[C@@](O)(CO)[C@@H](O)[C@H](O)[C@@H]1O. The first-order valence-electron chi connectivity index (χ1n) is 12.6. The summed E-state index contributed by atoms with van der Waals surface area (Å²) in [5.41, 5.74) is 0. The molecule has 1 rings (SSSR count). The number of ether oxygens (including phenoxy) is 2. The Morgan fingerprint density at radius 3 is 2.03 bits per heavy atom. The van der Waals surface area contributed by atoms with Crippen molar-refractivity contribution in [2.45, 2.75) is 121 Å². The van der Waals surface area contributed by atoms with Gasteiger partial charge in [-0.1, -0.05) is 70.4 Å². The first-order valence-corrected chi connectivity index (χ1v) is 12.6. The fourth-order valence-corrected chi connectivity index (χ4v) is 4.30. The van der Waals surface area contributed by atoms with Gasteiger partial charge in [0.25, 0.3) is 0 Å². The van der Waals surface area contributed by atoms with Gasteiger partial charge in [0, 0.05) is 0 Å². The predicted octanol–water partition coefficient (Wildman–Crippen LogP) is 2.59. The van der Waals surface area contributed by atoms with Gasteiger partial charge in [0.1, 0.15) is 24.4 Å². The monoisotopic (exact) mass is 474 g/mol. The molecule has 0 aromatic carbocycles. The van der Waals surface area contributed by atoms with Crippen LogP contribution in [0.1, 0.15) is 90.4 Å². The average Bonchev–Trinajstić information content (AvgIpc) is 2.82. The van der Waals surface area contributed by atoms with Crippen molar-refractivity contribution >= 4 is 5.97 Å². The van der Waals surface area contributed by atoms with Crippen LogP contribution in [0.5, 0.6) is 0 Å². The summed E-state index contributed by atoms with van der Waals surface area (Å²) in [6.45, 7) is 1.24. The maximum atomic E-state index is 12.3. The van der Waals surface area contributed by atoms with Crippen LogP contribution in [-0.4, -0.2) is 75.4 Å². The standard InChI is InChI=1S/C25H46O8/c1-3-4-5-6-7-8-9-10-11-12-13-14-15-16-17-19(24(30)32-2)22-20(27)21(28)23(29)25(31,18-26)33-22/h10-11,19-23,26-29,31H,3-9,12-18H2,1-2H3/b11-10+/t19?,20-,21+,22?,23-,25-/m0/s1. The molecule has 6 atom stereocenters. The molecule has 8 nitrogen and oxygen atoms in total. The highest BCUT2D eigenvalue weighted by atomic mass is 16.7. The van der Waals surface area contributed by atoms with E-state index in [1.165, 1.54) is 45.6 Å². The topological polar surface area (TPSA) is 137 Å². The largest absolute Gasteiger partial charge is 0.469 e. The van der Waals surface area contributed by atoms with Crippen molar-refractivity contribution in [2.24, 2.45) is 5.92 Å². The van der Waals surface area contributed by atoms with Crippen LogP contribution in [-0.2, 0) is 14.3 Å². The number of hydrogen-bond acceptors (Lipinski definition) is 8. The molecule has 1 aliphatic rings. The summed E-state index contributed by atoms with van der Waals surface area (Å²) in [4.78, 5) is 12.3. The van der Waals surface area contributed by atoms with Crippen LogP contribution in [0, 0.1) is 5.92 Å². The number of carbonyl (C=O) groups excluding carboxylic acids is 1. The minimum Gasteiger partial charge on any atom is -0.469 e. The average molecular weight is 475 g/mol. The van der Waals surface area contributed by atoms with Crippen molar-refractivity contribution in [3.05, 3.63) is 12.2 Å². The van der Waals surface area contributed by atoms with Crippen LogP contribution in [0.3, 0.4) is 0 Å². The molecule has 0 spiro atoms. The lowest BCUT2D eigenvalue weighted by Crippen LogP contribution is -2.67. The number of aliphatic hydroxyl groups is 5. The van der Waals surface area contributed by atoms with E-state index in [2.05, 4.69) is 19.1 Å². The fourth-order valence-electron chi connectivity index (χ4n) is 4.30. The normalized spacial score (nSPS) is 28.8. The molecular weight excluding hydrogens is 428 g/mol. The number of hydrogen-bond donors (Lipinski definition) is 5. The zero-order chi connectivity index (χ0) is 24.7. The third-order valence-corrected chi connectivity index (χ3v) is 6.47. The smallest absolute Gasteiger partial charge is 0.311 e. The Bertz CT molecular complexity index is 555. The zero-order valence-corrected chi connectivity index (χ0v) is 20.4. The van der Waals surface area contributed by atoms with Crippen LogP contribution in [0.15, 0.2) is 12.2 Å². The summed E-state index contributed by atoms with van der Waals surface area (Å²) in [6.07, 6.45) is 11.8. The fraction of sp³-hybridized carbons (Fsp3) is 0.880. The Labute approximate surface area is 198 Å². The molecule has 0 radical (unpaired) electrons. The molecule has 1 aliphatic heterocycles. The van der Waals surface area contributed by atoms with Crippen molar-refractivity contribution in [3.8, 4) is 0 Å². The molecule has 0 amide bonds. The molecule has 33 heavy (non-hydrogen) atoms. The molecule has 5 N–H and O–H groups in total. The minimum absolute atomic E-state index is 0.326. The molecule has 0 aromatic heterocycles. The van der Waals surface area contributed by atoms with Crippen molar-refractivity contribution in [2.75, 3.05) is 13.7 Å². The summed E-state index contributed by atoms with van der Waals surface area (Å²) in [7, 11) is 1.21. The Morgan fingerprint density at radius 2 is 1.48 bits per heavy atom. The van der Waals surface area contributed by atoms with Gasteiger partial charge < -0.3 is 35.0 Å². The van der Waals surface area contributed by atoms with Gasteiger partial charge in [0.2, 0.25) is 5.79 Å². The number of carbonyl (C=O) groups is 1. The quantitative estimate of drug-likeness (QED) is 0.123. The van der Waals surface area contributed by atoms with E-state index >= 15 is 0 Å². The lowest BCUT2D eigenvalue weighted by atomic mass is 9.84. The van der Waals surface area contributed by atoms with Crippen LogP contribution < -0.4 is 0 Å². The Balaban J connectivity index is 2.35. The second-order valence-electron chi connectivity index (χ2n) is 9.16. The number of esters is 1. The van der Waals surface area contributed by atoms with Gasteiger partial charge in [-0.05, 0) is 32.1 Å². The Morgan fingerprint density at radius 1 is 0.939 bits per heavy atom. The number of methoxy groups -OCH3 is 1. The summed E-state index contributed by atoms with van der Waals surface area (Å²) in [5.74, 6) is -4.04. The maximum Gasteiger partial charge on any atom is 0.311 e. The summed E-state index contributed by atoms with van der Waals surface area (Å²) in [6, 6.07) is 0. The Hall–Kier alpha value is -1.03. The molecule has 1 fully saturated rings. The van der Waals surface area contributed by atoms with Crippen LogP contribution in [0.4, 0.5) is 0 Å². The summed E-state index contributed by atoms with van der Waals surface area (Å²) < 4.78 is 10.1. The molecule has 0 aliphatic carbocycles. The number of allylic oxidation sites excluding steroid dienone is 2. The highest BCUT2D eigenvalue weighted by molar-refractivity contribution is 5.73. The molecule has 8 heteroatoms. The summed E-state index contributed by atoms with van der Waals surface area (Å²) >= 11 is 0. The second-order valence-corrected chi connectivity index (χ2v) is 9.16. The van der Waals surface area contributed by atoms with E-state index in [1.54, 1.807) is 0 Å². The van der Waals surface area contributed by atoms with Gasteiger partial charge in [-0.3, -0.25) is 4.79 Å². The van der Waals surface area contributed by atoms with Gasteiger partial charge in [-0.25, -0.2) is 0 Å². The van der Waals surface area contributed by atoms with E-state index in [9.17, 15) is 30.3 Å². The third kappa shape index (κ3) is 10.0. The van der Waals surface area contributed by atoms with Gasteiger partial charge >= 0.3 is 5.97 Å². The highest BCUT2D eigenvalue weighted by Gasteiger charge is 2.55. The van der Waals surface area contributed by atoms with E-state index < -0.39 is 48.7 Å². The molecular formula is C25H46O8. The highest BCUT2D eigenvalue weighted by Crippen LogP contribution is 2.34. The molecule has 2 unspecified atom stereocenters. The molecule has 194 valence electrons. The van der Waals surface area contributed by atoms with Crippen LogP contribution in [0.25, 0.3) is 0 Å². The van der Waals surface area contributed by atoms with Gasteiger partial charge in [-0.2, -0.15) is 0 Å². The van der Waals surface area contributed by atoms with E-state index in [0.29, 0.717) is 12.8 Å². The van der Waals surface area contributed by atoms with E-state index in [1.807, 2.05) is 0 Å². The number of aliphatic hydroxyl groups excluding tert-OH is 4. The van der Waals surface area contributed by atoms with Crippen molar-refractivity contribution < 1.29 is 39.8 Å². The van der Waals surface area contributed by atoms with E-state index in [4.69, 9.17) is 9.47 Å². The van der Waals surface area contributed by atoms with Crippen LogP contribution in [0.2, 0.25) is 0 Å².